The highest BCUT2D eigenvalue weighted by Crippen LogP contribution is 2.34. The number of alkyl halides is 3. The van der Waals surface area contributed by atoms with Crippen molar-refractivity contribution in [2.45, 2.75) is 24.4 Å². The Balaban J connectivity index is 1.51. The fourth-order valence-electron chi connectivity index (χ4n) is 3.66. The molecule has 1 saturated heterocycles. The van der Waals surface area contributed by atoms with Crippen molar-refractivity contribution in [3.05, 3.63) is 95.6 Å². The first-order valence-electron chi connectivity index (χ1n) is 11.4. The van der Waals surface area contributed by atoms with Gasteiger partial charge in [-0.2, -0.15) is 13.2 Å². The third-order valence-corrected chi connectivity index (χ3v) is 6.76. The zero-order valence-corrected chi connectivity index (χ0v) is 20.9. The van der Waals surface area contributed by atoms with Crippen molar-refractivity contribution in [3.8, 4) is 0 Å². The number of amides is 2. The molecule has 3 aromatic rings. The van der Waals surface area contributed by atoms with E-state index in [-0.39, 0.29) is 24.6 Å². The van der Waals surface area contributed by atoms with Crippen LogP contribution in [0.4, 0.5) is 24.5 Å². The SMILES string of the molecule is COC(=O)c1ccc(NC(=O)CC2SC(=Nc3ccc(C(F)(F)F)cc3)N(Cc3ccccc3)C2=O)cc1. The van der Waals surface area contributed by atoms with Gasteiger partial charge >= 0.3 is 12.1 Å². The summed E-state index contributed by atoms with van der Waals surface area (Å²) in [7, 11) is 1.27. The molecule has 1 heterocycles. The number of ether oxygens (including phenoxy) is 1. The molecule has 2 amide bonds. The third-order valence-electron chi connectivity index (χ3n) is 5.58. The van der Waals surface area contributed by atoms with Gasteiger partial charge in [-0.1, -0.05) is 42.1 Å². The highest BCUT2D eigenvalue weighted by molar-refractivity contribution is 8.15. The summed E-state index contributed by atoms with van der Waals surface area (Å²) in [5.74, 6) is -1.26. The molecule has 0 spiro atoms. The van der Waals surface area contributed by atoms with E-state index in [4.69, 9.17) is 0 Å². The molecule has 38 heavy (non-hydrogen) atoms. The number of nitrogens with zero attached hydrogens (tertiary/aromatic N) is 2. The Morgan fingerprint density at radius 2 is 1.66 bits per heavy atom. The molecule has 4 rings (SSSR count). The lowest BCUT2D eigenvalue weighted by molar-refractivity contribution is -0.137. The summed E-state index contributed by atoms with van der Waals surface area (Å²) in [6, 6.07) is 19.6. The minimum Gasteiger partial charge on any atom is -0.465 e. The van der Waals surface area contributed by atoms with Crippen molar-refractivity contribution < 1.29 is 32.3 Å². The number of nitrogens with one attached hydrogen (secondary N) is 1. The van der Waals surface area contributed by atoms with Crippen LogP contribution in [0.5, 0.6) is 0 Å². The molecule has 11 heteroatoms. The molecule has 0 bridgehead atoms. The summed E-state index contributed by atoms with van der Waals surface area (Å²) in [5, 5.41) is 2.22. The highest BCUT2D eigenvalue weighted by Gasteiger charge is 2.39. The lowest BCUT2D eigenvalue weighted by Gasteiger charge is -2.16. The average Bonchev–Trinajstić information content (AvgIpc) is 3.17. The first-order valence-corrected chi connectivity index (χ1v) is 12.3. The Morgan fingerprint density at radius 3 is 2.26 bits per heavy atom. The van der Waals surface area contributed by atoms with E-state index in [1.807, 2.05) is 30.3 Å². The van der Waals surface area contributed by atoms with Crippen LogP contribution in [0.25, 0.3) is 0 Å². The van der Waals surface area contributed by atoms with Gasteiger partial charge in [0, 0.05) is 12.1 Å². The first-order chi connectivity index (χ1) is 18.1. The van der Waals surface area contributed by atoms with Crippen molar-refractivity contribution in [3.63, 3.8) is 0 Å². The monoisotopic (exact) mass is 541 g/mol. The van der Waals surface area contributed by atoms with Gasteiger partial charge in [-0.25, -0.2) is 9.79 Å². The highest BCUT2D eigenvalue weighted by atomic mass is 32.2. The van der Waals surface area contributed by atoms with Crippen LogP contribution in [0, 0.1) is 0 Å². The molecular weight excluding hydrogens is 519 g/mol. The van der Waals surface area contributed by atoms with Gasteiger partial charge in [0.2, 0.25) is 11.8 Å². The van der Waals surface area contributed by atoms with Crippen LogP contribution < -0.4 is 5.32 Å². The number of thioether (sulfide) groups is 1. The average molecular weight is 542 g/mol. The predicted octanol–water partition coefficient (Wildman–Crippen LogP) is 5.65. The standard InChI is InChI=1S/C27H22F3N3O4S/c1-37-25(36)18-7-11-20(12-8-18)31-23(34)15-22-24(35)33(16-17-5-3-2-4-6-17)26(38-22)32-21-13-9-19(10-14-21)27(28,29)30/h2-14,22H,15-16H2,1H3,(H,31,34). The summed E-state index contributed by atoms with van der Waals surface area (Å²) in [6.45, 7) is 0.194. The number of hydrogen-bond acceptors (Lipinski definition) is 6. The second-order valence-electron chi connectivity index (χ2n) is 8.28. The van der Waals surface area contributed by atoms with Crippen LogP contribution in [0.1, 0.15) is 27.9 Å². The van der Waals surface area contributed by atoms with E-state index in [0.29, 0.717) is 16.4 Å². The Morgan fingerprint density at radius 1 is 1.00 bits per heavy atom. The number of rotatable bonds is 7. The molecule has 1 N–H and O–H groups in total. The van der Waals surface area contributed by atoms with Gasteiger partial charge in [0.05, 0.1) is 30.5 Å². The van der Waals surface area contributed by atoms with Gasteiger partial charge < -0.3 is 10.1 Å². The van der Waals surface area contributed by atoms with Crippen molar-refractivity contribution in [1.82, 2.24) is 4.90 Å². The Hall–Kier alpha value is -4.12. The fraction of sp³-hybridized carbons (Fsp3) is 0.185. The molecule has 3 aromatic carbocycles. The number of hydrogen-bond donors (Lipinski definition) is 1. The molecule has 1 unspecified atom stereocenters. The van der Waals surface area contributed by atoms with Crippen LogP contribution in [-0.2, 0) is 27.0 Å². The van der Waals surface area contributed by atoms with Crippen LogP contribution in [-0.4, -0.2) is 40.2 Å². The number of carbonyl (C=O) groups excluding carboxylic acids is 3. The van der Waals surface area contributed by atoms with E-state index in [0.717, 1.165) is 29.5 Å². The zero-order chi connectivity index (χ0) is 27.3. The van der Waals surface area contributed by atoms with Crippen LogP contribution >= 0.6 is 11.8 Å². The summed E-state index contributed by atoms with van der Waals surface area (Å²) in [5.41, 5.74) is 1.05. The predicted molar refractivity (Wildman–Crippen MR) is 138 cm³/mol. The van der Waals surface area contributed by atoms with Crippen LogP contribution in [0.3, 0.4) is 0 Å². The Bertz CT molecular complexity index is 1340. The number of benzene rings is 3. The summed E-state index contributed by atoms with van der Waals surface area (Å²) >= 11 is 1.08. The molecule has 1 fully saturated rings. The number of aliphatic imine (C=N–C) groups is 1. The number of anilines is 1. The lowest BCUT2D eigenvalue weighted by Crippen LogP contribution is -2.33. The Labute approximate surface area is 220 Å². The molecule has 1 atom stereocenters. The first kappa shape index (κ1) is 26.9. The minimum absolute atomic E-state index is 0.153. The maximum atomic E-state index is 13.3. The van der Waals surface area contributed by atoms with Gasteiger partial charge in [0.15, 0.2) is 5.17 Å². The maximum absolute atomic E-state index is 13.3. The largest absolute Gasteiger partial charge is 0.465 e. The van der Waals surface area contributed by atoms with E-state index < -0.39 is 28.9 Å². The normalized spacial score (nSPS) is 16.5. The van der Waals surface area contributed by atoms with Gasteiger partial charge in [0.25, 0.3) is 0 Å². The molecule has 1 aliphatic rings. The van der Waals surface area contributed by atoms with E-state index in [1.165, 1.54) is 36.3 Å². The molecule has 0 aliphatic carbocycles. The van der Waals surface area contributed by atoms with Crippen molar-refractivity contribution >= 4 is 46.1 Å². The van der Waals surface area contributed by atoms with E-state index in [9.17, 15) is 27.6 Å². The maximum Gasteiger partial charge on any atom is 0.416 e. The van der Waals surface area contributed by atoms with Gasteiger partial charge in [-0.3, -0.25) is 14.5 Å². The summed E-state index contributed by atoms with van der Waals surface area (Å²) < 4.78 is 43.4. The van der Waals surface area contributed by atoms with Gasteiger partial charge in [-0.15, -0.1) is 0 Å². The molecular formula is C27H22F3N3O4S. The summed E-state index contributed by atoms with van der Waals surface area (Å²) in [4.78, 5) is 43.4. The number of esters is 1. The van der Waals surface area contributed by atoms with Crippen LogP contribution in [0.2, 0.25) is 0 Å². The number of halogens is 3. The molecule has 7 nitrogen and oxygen atoms in total. The van der Waals surface area contributed by atoms with Crippen molar-refractivity contribution in [2.24, 2.45) is 4.99 Å². The van der Waals surface area contributed by atoms with Crippen molar-refractivity contribution in [2.75, 3.05) is 12.4 Å². The quantitative estimate of drug-likeness (QED) is 0.391. The zero-order valence-electron chi connectivity index (χ0n) is 20.1. The van der Waals surface area contributed by atoms with E-state index in [1.54, 1.807) is 12.1 Å². The third kappa shape index (κ3) is 6.60. The van der Waals surface area contributed by atoms with E-state index in [2.05, 4.69) is 15.0 Å². The number of methoxy groups -OCH3 is 1. The topological polar surface area (TPSA) is 88.1 Å². The van der Waals surface area contributed by atoms with E-state index >= 15 is 0 Å². The van der Waals surface area contributed by atoms with Gasteiger partial charge in [-0.05, 0) is 54.1 Å². The molecule has 1 aliphatic heterocycles. The van der Waals surface area contributed by atoms with Crippen molar-refractivity contribution in [1.29, 1.82) is 0 Å². The minimum atomic E-state index is -4.47. The van der Waals surface area contributed by atoms with Crippen LogP contribution in [0.15, 0.2) is 83.9 Å². The molecule has 0 aromatic heterocycles. The number of amidine groups is 1. The Kier molecular flexibility index (Phi) is 8.16. The van der Waals surface area contributed by atoms with Gasteiger partial charge in [0.1, 0.15) is 5.25 Å². The fourth-order valence-corrected chi connectivity index (χ4v) is 4.82. The second-order valence-corrected chi connectivity index (χ2v) is 9.45. The molecule has 0 radical (unpaired) electrons. The molecule has 0 saturated carbocycles. The number of carbonyl (C=O) groups is 3. The lowest BCUT2D eigenvalue weighted by atomic mass is 10.2. The second kappa shape index (κ2) is 11.5. The molecule has 196 valence electrons. The summed E-state index contributed by atoms with van der Waals surface area (Å²) in [6.07, 6.45) is -4.62. The smallest absolute Gasteiger partial charge is 0.416 e.